The molecule has 0 fully saturated rings. The van der Waals surface area contributed by atoms with Crippen LogP contribution in [0.1, 0.15) is 42.4 Å². The van der Waals surface area contributed by atoms with E-state index in [2.05, 4.69) is 194 Å². The Balaban J connectivity index is 0.00000225. The van der Waals surface area contributed by atoms with Crippen molar-refractivity contribution in [2.75, 3.05) is 4.90 Å². The second-order valence-corrected chi connectivity index (χ2v) is 46.1. The zero-order valence-corrected chi connectivity index (χ0v) is 37.6. The first-order valence-corrected chi connectivity index (χ1v) is 32.4. The molecule has 0 bridgehead atoms. The van der Waals surface area contributed by atoms with E-state index in [1.165, 1.54) is 77.5 Å². The number of hydrogen-bond donors (Lipinski definition) is 0. The fourth-order valence-corrected chi connectivity index (χ4v) is 29.1. The molecule has 1 heterocycles. The van der Waals surface area contributed by atoms with E-state index in [4.69, 9.17) is 0 Å². The topological polar surface area (TPSA) is 3.24 Å². The minimum Gasteiger partial charge on any atom is -0.147 e. The number of para-hydroxylation sites is 1. The SMILES string of the molecule is CC1=Cc2c(-c3cccc4ccccc34)cc(-c3cccc4ccccc34)cc2[CH]1[Zr]([CH3])([CH3])(=[SiH2])[C]1=C(C(C)C)C=C2C1=CC(C)N2c1ccccc1.Cl.Cl. The fraction of sp³-hybridized carbons (Fsp3) is 0.184. The predicted molar refractivity (Wildman–Crippen MR) is 240 cm³/mol. The molecule has 6 aromatic carbocycles. The molecule has 0 saturated carbocycles. The molecule has 1 nitrogen and oxygen atoms in total. The van der Waals surface area contributed by atoms with Gasteiger partial charge in [0, 0.05) is 0 Å². The van der Waals surface area contributed by atoms with Crippen LogP contribution in [0.4, 0.5) is 5.69 Å². The average Bonchev–Trinajstić information content (AvgIpc) is 3.79. The van der Waals surface area contributed by atoms with Gasteiger partial charge in [0.25, 0.3) is 0 Å². The van der Waals surface area contributed by atoms with Gasteiger partial charge in [-0.2, -0.15) is 0 Å². The Morgan fingerprint density at radius 1 is 0.667 bits per heavy atom. The summed E-state index contributed by atoms with van der Waals surface area (Å²) in [6.45, 7) is 12.0. The van der Waals surface area contributed by atoms with E-state index in [-0.39, 0.29) is 24.8 Å². The largest absolute Gasteiger partial charge is 0.147 e. The summed E-state index contributed by atoms with van der Waals surface area (Å²) in [5.41, 5.74) is 15.5. The summed E-state index contributed by atoms with van der Waals surface area (Å²) in [6.07, 6.45) is 7.72. The molecule has 0 N–H and O–H groups in total. The molecule has 54 heavy (non-hydrogen) atoms. The van der Waals surface area contributed by atoms with Crippen molar-refractivity contribution in [3.63, 3.8) is 0 Å². The van der Waals surface area contributed by atoms with E-state index in [0.29, 0.717) is 15.6 Å². The van der Waals surface area contributed by atoms with Gasteiger partial charge in [0.2, 0.25) is 0 Å². The van der Waals surface area contributed by atoms with E-state index in [0.717, 1.165) is 0 Å². The van der Waals surface area contributed by atoms with Gasteiger partial charge in [0.1, 0.15) is 0 Å². The average molecular weight is 842 g/mol. The van der Waals surface area contributed by atoms with Crippen LogP contribution in [0.3, 0.4) is 0 Å². The van der Waals surface area contributed by atoms with Gasteiger partial charge in [0.05, 0.1) is 0 Å². The molecule has 5 heteroatoms. The smallest absolute Gasteiger partial charge is 0.147 e. The normalized spacial score (nSPS) is 17.9. The van der Waals surface area contributed by atoms with Crippen molar-refractivity contribution >= 4 is 65.0 Å². The van der Waals surface area contributed by atoms with Gasteiger partial charge < -0.3 is 0 Å². The molecule has 2 aliphatic carbocycles. The first kappa shape index (κ1) is 38.6. The molecular formula is C49H49Cl2NSiZr. The maximum atomic E-state index is 2.75. The van der Waals surface area contributed by atoms with Gasteiger partial charge in [0.15, 0.2) is 0 Å². The molecule has 1 aliphatic heterocycles. The van der Waals surface area contributed by atoms with Gasteiger partial charge in [-0.3, -0.25) is 0 Å². The monoisotopic (exact) mass is 839 g/mol. The van der Waals surface area contributed by atoms with Gasteiger partial charge >= 0.3 is 314 Å². The van der Waals surface area contributed by atoms with Crippen LogP contribution >= 0.6 is 24.8 Å². The number of nitrogens with zero attached hydrogens (tertiary/aromatic N) is 1. The van der Waals surface area contributed by atoms with Crippen molar-refractivity contribution in [3.8, 4) is 22.3 Å². The van der Waals surface area contributed by atoms with Crippen molar-refractivity contribution in [1.29, 1.82) is 0 Å². The molecule has 0 aromatic heterocycles. The zero-order valence-electron chi connectivity index (χ0n) is 32.1. The standard InChI is InChI=1S/C30H21.C17H18N.2CH3.2ClH.H2Si.Zr/c1-20-16-23-18-24(27-14-6-10-21-8-2-4-12-25(21)27)19-30(29(23)17-20)28-15-7-11-22-9-3-5-13-26(22)28;1-12(2)14-10-15-9-13(3)18(17(15)11-14)16-7-5-4-6-8-16;;;;;;/h2-19H,1H3;4-9,11-13H,1-3H3;2*1H3;2*1H;1H2;. The molecular weight excluding hydrogens is 793 g/mol. The number of hydrogen-bond acceptors (Lipinski definition) is 1. The van der Waals surface area contributed by atoms with Gasteiger partial charge in [-0.1, -0.05) is 0 Å². The Morgan fingerprint density at radius 2 is 1.24 bits per heavy atom. The third-order valence-electron chi connectivity index (χ3n) is 12.1. The maximum absolute atomic E-state index is 3.95. The van der Waals surface area contributed by atoms with Crippen molar-refractivity contribution in [3.05, 3.63) is 176 Å². The number of allylic oxidation sites excluding steroid dienone is 4. The van der Waals surface area contributed by atoms with E-state index in [1.54, 1.807) is 8.85 Å². The van der Waals surface area contributed by atoms with Crippen LogP contribution in [0.5, 0.6) is 0 Å². The minimum atomic E-state index is -3.95. The summed E-state index contributed by atoms with van der Waals surface area (Å²) in [4.78, 5) is 2.57. The number of fused-ring (bicyclic) bond motifs is 4. The van der Waals surface area contributed by atoms with Gasteiger partial charge in [-0.25, -0.2) is 0 Å². The van der Waals surface area contributed by atoms with Crippen LogP contribution < -0.4 is 4.90 Å². The third-order valence-corrected chi connectivity index (χ3v) is 28.5. The number of benzene rings is 6. The van der Waals surface area contributed by atoms with Crippen LogP contribution in [0, 0.1) is 5.92 Å². The summed E-state index contributed by atoms with van der Waals surface area (Å²) < 4.78 is 7.61. The van der Waals surface area contributed by atoms with Crippen molar-refractivity contribution in [1.82, 2.24) is 0 Å². The maximum Gasteiger partial charge on any atom is -0.147 e. The third kappa shape index (κ3) is 5.99. The second kappa shape index (κ2) is 14.1. The molecule has 272 valence electrons. The molecule has 0 saturated heterocycles. The van der Waals surface area contributed by atoms with Crippen LogP contribution in [0.2, 0.25) is 9.26 Å². The zero-order chi connectivity index (χ0) is 36.0. The van der Waals surface area contributed by atoms with Crippen LogP contribution in [0.15, 0.2) is 165 Å². The Morgan fingerprint density at radius 3 is 1.89 bits per heavy atom. The Labute approximate surface area is 335 Å². The van der Waals surface area contributed by atoms with Gasteiger partial charge in [-0.05, 0) is 0 Å². The number of anilines is 1. The predicted octanol–water partition coefficient (Wildman–Crippen LogP) is 13.6. The van der Waals surface area contributed by atoms with E-state index in [1.807, 2.05) is 0 Å². The van der Waals surface area contributed by atoms with Crippen molar-refractivity contribution < 1.29 is 17.4 Å². The molecule has 0 spiro atoms. The van der Waals surface area contributed by atoms with Gasteiger partial charge in [-0.15, -0.1) is 24.8 Å². The molecule has 9 rings (SSSR count). The molecule has 0 radical (unpaired) electrons. The number of halogens is 2. The summed E-state index contributed by atoms with van der Waals surface area (Å²) in [5, 5.41) is 5.19. The molecule has 3 aliphatic rings. The van der Waals surface area contributed by atoms with E-state index in [9.17, 15) is 0 Å². The Bertz CT molecular complexity index is 2670. The second-order valence-electron chi connectivity index (χ2n) is 16.8. The van der Waals surface area contributed by atoms with Crippen LogP contribution in [-0.4, -0.2) is 12.9 Å². The fourth-order valence-electron chi connectivity index (χ4n) is 10.1. The summed E-state index contributed by atoms with van der Waals surface area (Å²) in [6, 6.07) is 47.8. The van der Waals surface area contributed by atoms with Crippen LogP contribution in [-0.2, 0) is 17.4 Å². The Kier molecular flexibility index (Phi) is 10.1. The molecule has 2 atom stereocenters. The molecule has 6 aromatic rings. The van der Waals surface area contributed by atoms with Crippen molar-refractivity contribution in [2.24, 2.45) is 5.92 Å². The molecule has 2 unspecified atom stereocenters. The first-order valence-electron chi connectivity index (χ1n) is 18.9. The minimum absolute atomic E-state index is 0. The summed E-state index contributed by atoms with van der Waals surface area (Å²) >= 11 is -3.95. The first-order chi connectivity index (χ1) is 25.0. The quantitative estimate of drug-likeness (QED) is 0.151. The van der Waals surface area contributed by atoms with E-state index < -0.39 is 17.4 Å². The van der Waals surface area contributed by atoms with Crippen molar-refractivity contribution in [2.45, 2.75) is 46.6 Å². The summed E-state index contributed by atoms with van der Waals surface area (Å²) in [5.74, 6) is 0.442. The number of rotatable bonds is 6. The van der Waals surface area contributed by atoms with E-state index >= 15 is 0 Å². The van der Waals surface area contributed by atoms with Crippen LogP contribution in [0.25, 0.3) is 49.9 Å². The Hall–Kier alpha value is -3.72. The summed E-state index contributed by atoms with van der Waals surface area (Å²) in [7, 11) is 0. The molecule has 0 amide bonds.